The van der Waals surface area contributed by atoms with Gasteiger partial charge in [0, 0.05) is 11.6 Å². The van der Waals surface area contributed by atoms with Crippen LogP contribution in [0.5, 0.6) is 5.75 Å². The number of nitrogens with zero attached hydrogens (tertiary/aromatic N) is 1. The molecule has 0 N–H and O–H groups in total. The third-order valence-electron chi connectivity index (χ3n) is 3.43. The molecule has 1 aromatic carbocycles. The molecule has 0 saturated carbocycles. The first-order chi connectivity index (χ1) is 9.03. The molecule has 0 aliphatic heterocycles. The molecule has 4 heteroatoms. The van der Waals surface area contributed by atoms with E-state index in [1.807, 2.05) is 17.5 Å². The summed E-state index contributed by atoms with van der Waals surface area (Å²) in [5, 5.41) is 3.55. The third-order valence-corrected chi connectivity index (χ3v) is 4.48. The number of thiazole rings is 1. The van der Waals surface area contributed by atoms with Gasteiger partial charge >= 0.3 is 0 Å². The molecule has 0 spiro atoms. The summed E-state index contributed by atoms with van der Waals surface area (Å²) < 4.78 is 5.70. The van der Waals surface area contributed by atoms with Crippen LogP contribution in [0.4, 0.5) is 0 Å². The summed E-state index contributed by atoms with van der Waals surface area (Å²) in [6.07, 6.45) is 2.85. The van der Waals surface area contributed by atoms with Gasteiger partial charge < -0.3 is 4.74 Å². The molecule has 0 radical (unpaired) electrons. The van der Waals surface area contributed by atoms with Gasteiger partial charge in [-0.25, -0.2) is 4.98 Å². The maximum absolute atomic E-state index is 6.29. The average molecular weight is 296 g/mol. The summed E-state index contributed by atoms with van der Waals surface area (Å²) in [4.78, 5) is 4.18. The number of halogens is 1. The van der Waals surface area contributed by atoms with Crippen molar-refractivity contribution < 1.29 is 4.74 Å². The topological polar surface area (TPSA) is 22.1 Å². The van der Waals surface area contributed by atoms with Crippen LogP contribution in [0.3, 0.4) is 0 Å². The minimum Gasteiger partial charge on any atom is -0.485 e. The number of hydrogen-bond donors (Lipinski definition) is 0. The van der Waals surface area contributed by atoms with Crippen LogP contribution in [0.2, 0.25) is 5.02 Å². The van der Waals surface area contributed by atoms with E-state index in [1.165, 1.54) is 5.56 Å². The predicted molar refractivity (Wildman–Crippen MR) is 81.2 cm³/mol. The zero-order valence-electron chi connectivity index (χ0n) is 11.4. The lowest BCUT2D eigenvalue weighted by Crippen LogP contribution is -2.15. The Kier molecular flexibility index (Phi) is 4.48. The van der Waals surface area contributed by atoms with E-state index < -0.39 is 0 Å². The quantitative estimate of drug-likeness (QED) is 0.769. The van der Waals surface area contributed by atoms with E-state index in [2.05, 4.69) is 31.8 Å². The van der Waals surface area contributed by atoms with Gasteiger partial charge in [0.1, 0.15) is 17.4 Å². The molecule has 0 bridgehead atoms. The summed E-state index contributed by atoms with van der Waals surface area (Å²) in [5.41, 5.74) is 1.37. The van der Waals surface area contributed by atoms with Crippen molar-refractivity contribution in [2.24, 2.45) is 0 Å². The standard InChI is InChI=1S/C15H18ClNOS/c1-4-15(2,3)11-5-6-13(12(16)9-11)18-10-14-17-7-8-19-14/h5-9H,4,10H2,1-3H3. The highest BCUT2D eigenvalue weighted by molar-refractivity contribution is 7.09. The lowest BCUT2D eigenvalue weighted by Gasteiger charge is -2.24. The maximum atomic E-state index is 6.29. The monoisotopic (exact) mass is 295 g/mol. The number of hydrogen-bond acceptors (Lipinski definition) is 3. The van der Waals surface area contributed by atoms with E-state index in [9.17, 15) is 0 Å². The van der Waals surface area contributed by atoms with Crippen molar-refractivity contribution in [3.05, 3.63) is 45.4 Å². The molecule has 0 atom stereocenters. The highest BCUT2D eigenvalue weighted by Gasteiger charge is 2.19. The van der Waals surface area contributed by atoms with Gasteiger partial charge in [-0.15, -0.1) is 11.3 Å². The molecule has 2 aromatic rings. The summed E-state index contributed by atoms with van der Waals surface area (Å²) in [6, 6.07) is 6.04. The number of rotatable bonds is 5. The SMILES string of the molecule is CCC(C)(C)c1ccc(OCc2nccs2)c(Cl)c1. The third kappa shape index (κ3) is 3.48. The Morgan fingerprint density at radius 2 is 2.16 bits per heavy atom. The Morgan fingerprint density at radius 3 is 2.74 bits per heavy atom. The van der Waals surface area contributed by atoms with Crippen molar-refractivity contribution in [2.45, 2.75) is 39.2 Å². The maximum Gasteiger partial charge on any atom is 0.140 e. The molecular formula is C15H18ClNOS. The van der Waals surface area contributed by atoms with Crippen molar-refractivity contribution in [3.8, 4) is 5.75 Å². The highest BCUT2D eigenvalue weighted by Crippen LogP contribution is 2.33. The van der Waals surface area contributed by atoms with E-state index in [1.54, 1.807) is 17.5 Å². The Bertz CT molecular complexity index is 537. The molecule has 0 amide bonds. The first kappa shape index (κ1) is 14.4. The number of benzene rings is 1. The predicted octanol–water partition coefficient (Wildman–Crippen LogP) is 5.06. The van der Waals surface area contributed by atoms with Crippen LogP contribution in [0.15, 0.2) is 29.8 Å². The second-order valence-electron chi connectivity index (χ2n) is 5.10. The van der Waals surface area contributed by atoms with Crippen molar-refractivity contribution in [1.82, 2.24) is 4.98 Å². The Hall–Kier alpha value is -1.06. The molecular weight excluding hydrogens is 278 g/mol. The van der Waals surface area contributed by atoms with Gasteiger partial charge in [-0.3, -0.25) is 0 Å². The summed E-state index contributed by atoms with van der Waals surface area (Å²) in [5.74, 6) is 0.715. The molecule has 2 rings (SSSR count). The lowest BCUT2D eigenvalue weighted by atomic mass is 9.82. The van der Waals surface area contributed by atoms with Gasteiger partial charge in [0.05, 0.1) is 5.02 Å². The fourth-order valence-corrected chi connectivity index (χ4v) is 2.47. The van der Waals surface area contributed by atoms with Crippen LogP contribution < -0.4 is 4.74 Å². The molecule has 2 nitrogen and oxygen atoms in total. The number of ether oxygens (including phenoxy) is 1. The minimum absolute atomic E-state index is 0.136. The molecule has 0 aliphatic rings. The molecule has 0 saturated heterocycles. The second-order valence-corrected chi connectivity index (χ2v) is 6.48. The molecule has 19 heavy (non-hydrogen) atoms. The van der Waals surface area contributed by atoms with Crippen LogP contribution in [0.1, 0.15) is 37.8 Å². The zero-order valence-corrected chi connectivity index (χ0v) is 13.0. The first-order valence-corrected chi connectivity index (χ1v) is 7.60. The zero-order chi connectivity index (χ0) is 13.9. The van der Waals surface area contributed by atoms with Crippen LogP contribution in [-0.2, 0) is 12.0 Å². The molecule has 0 fully saturated rings. The Labute approximate surface area is 123 Å². The fourth-order valence-electron chi connectivity index (χ4n) is 1.71. The summed E-state index contributed by atoms with van der Waals surface area (Å²) in [6.45, 7) is 7.08. The van der Waals surface area contributed by atoms with E-state index in [0.717, 1.165) is 11.4 Å². The van der Waals surface area contributed by atoms with E-state index >= 15 is 0 Å². The van der Waals surface area contributed by atoms with Gasteiger partial charge in [0.2, 0.25) is 0 Å². The van der Waals surface area contributed by atoms with Gasteiger partial charge in [0.15, 0.2) is 0 Å². The van der Waals surface area contributed by atoms with Crippen molar-refractivity contribution in [2.75, 3.05) is 0 Å². The molecule has 0 unspecified atom stereocenters. The molecule has 0 aliphatic carbocycles. The fraction of sp³-hybridized carbons (Fsp3) is 0.400. The first-order valence-electron chi connectivity index (χ1n) is 6.34. The normalized spacial score (nSPS) is 11.6. The van der Waals surface area contributed by atoms with Gasteiger partial charge in [0.25, 0.3) is 0 Å². The van der Waals surface area contributed by atoms with E-state index in [0.29, 0.717) is 17.4 Å². The Morgan fingerprint density at radius 1 is 1.37 bits per heavy atom. The van der Waals surface area contributed by atoms with Crippen molar-refractivity contribution in [1.29, 1.82) is 0 Å². The van der Waals surface area contributed by atoms with E-state index in [4.69, 9.17) is 16.3 Å². The van der Waals surface area contributed by atoms with Crippen molar-refractivity contribution in [3.63, 3.8) is 0 Å². The summed E-state index contributed by atoms with van der Waals surface area (Å²) in [7, 11) is 0. The van der Waals surface area contributed by atoms with Crippen LogP contribution in [0.25, 0.3) is 0 Å². The van der Waals surface area contributed by atoms with E-state index in [-0.39, 0.29) is 5.41 Å². The van der Waals surface area contributed by atoms with Gasteiger partial charge in [-0.1, -0.05) is 38.4 Å². The van der Waals surface area contributed by atoms with Crippen LogP contribution >= 0.6 is 22.9 Å². The van der Waals surface area contributed by atoms with Crippen molar-refractivity contribution >= 4 is 22.9 Å². The highest BCUT2D eigenvalue weighted by atomic mass is 35.5. The molecule has 1 aromatic heterocycles. The molecule has 1 heterocycles. The average Bonchev–Trinajstić information content (AvgIpc) is 2.90. The largest absolute Gasteiger partial charge is 0.485 e. The van der Waals surface area contributed by atoms with Gasteiger partial charge in [-0.05, 0) is 29.5 Å². The lowest BCUT2D eigenvalue weighted by molar-refractivity contribution is 0.305. The number of aromatic nitrogens is 1. The molecule has 102 valence electrons. The minimum atomic E-state index is 0.136. The van der Waals surface area contributed by atoms with Crippen LogP contribution in [0, 0.1) is 0 Å². The Balaban J connectivity index is 2.11. The smallest absolute Gasteiger partial charge is 0.140 e. The second kappa shape index (κ2) is 5.93. The summed E-state index contributed by atoms with van der Waals surface area (Å²) >= 11 is 7.87. The van der Waals surface area contributed by atoms with Gasteiger partial charge in [-0.2, -0.15) is 0 Å². The van der Waals surface area contributed by atoms with Crippen LogP contribution in [-0.4, -0.2) is 4.98 Å².